The zero-order valence-corrected chi connectivity index (χ0v) is 27.7. The Balaban J connectivity index is 0.00000116. The number of benzene rings is 3. The number of carboxylic acids is 1. The van der Waals surface area contributed by atoms with Gasteiger partial charge in [0.25, 0.3) is 0 Å². The average Bonchev–Trinajstić information content (AvgIpc) is 3.06. The second kappa shape index (κ2) is 18.6. The fourth-order valence-corrected chi connectivity index (χ4v) is 4.81. The Bertz CT molecular complexity index is 1680. The van der Waals surface area contributed by atoms with Crippen molar-refractivity contribution in [2.45, 2.75) is 56.3 Å². The number of guanidine groups is 1. The van der Waals surface area contributed by atoms with E-state index in [2.05, 4.69) is 15.6 Å². The molecular formula is C34H42F3N9O5. The number of aliphatic carboxylic acids is 1. The predicted octanol–water partition coefficient (Wildman–Crippen LogP) is 1.44. The normalized spacial score (nSPS) is 13.2. The molecule has 3 aromatic carbocycles. The van der Waals surface area contributed by atoms with Crippen molar-refractivity contribution in [1.82, 2.24) is 10.6 Å². The van der Waals surface area contributed by atoms with Crippen molar-refractivity contribution in [3.8, 4) is 0 Å². The smallest absolute Gasteiger partial charge is 0.475 e. The van der Waals surface area contributed by atoms with E-state index in [1.807, 2.05) is 49.4 Å². The molecule has 0 spiro atoms. The third kappa shape index (κ3) is 13.4. The summed E-state index contributed by atoms with van der Waals surface area (Å²) in [5.41, 5.74) is 30.2. The molecule has 51 heavy (non-hydrogen) atoms. The number of alkyl halides is 3. The summed E-state index contributed by atoms with van der Waals surface area (Å²) in [6, 6.07) is 21.3. The first-order valence-corrected chi connectivity index (χ1v) is 15.4. The lowest BCUT2D eigenvalue weighted by molar-refractivity contribution is -0.192. The molecule has 0 saturated carbocycles. The Morgan fingerprint density at radius 3 is 1.88 bits per heavy atom. The number of anilines is 1. The number of hydrogen-bond acceptors (Lipinski definition) is 7. The summed E-state index contributed by atoms with van der Waals surface area (Å²) in [4.78, 5) is 52.9. The van der Waals surface area contributed by atoms with Crippen LogP contribution < -0.4 is 39.3 Å². The molecule has 0 radical (unpaired) electrons. The van der Waals surface area contributed by atoms with Gasteiger partial charge in [-0.15, -0.1) is 0 Å². The Morgan fingerprint density at radius 2 is 1.39 bits per heavy atom. The van der Waals surface area contributed by atoms with E-state index in [4.69, 9.17) is 44.0 Å². The molecule has 0 fully saturated rings. The molecule has 0 aliphatic rings. The van der Waals surface area contributed by atoms with E-state index in [1.165, 1.54) is 0 Å². The summed E-state index contributed by atoms with van der Waals surface area (Å²) in [6.45, 7) is 2.07. The van der Waals surface area contributed by atoms with Crippen molar-refractivity contribution < 1.29 is 37.5 Å². The van der Waals surface area contributed by atoms with E-state index >= 15 is 0 Å². The van der Waals surface area contributed by atoms with Crippen LogP contribution in [0.25, 0.3) is 0 Å². The fourth-order valence-electron chi connectivity index (χ4n) is 4.81. The molecule has 3 amide bonds. The van der Waals surface area contributed by atoms with Gasteiger partial charge < -0.3 is 44.4 Å². The largest absolute Gasteiger partial charge is 0.490 e. The molecule has 0 bridgehead atoms. The van der Waals surface area contributed by atoms with E-state index in [0.717, 1.165) is 16.7 Å². The molecule has 0 aromatic heterocycles. The maximum Gasteiger partial charge on any atom is 0.490 e. The summed E-state index contributed by atoms with van der Waals surface area (Å²) >= 11 is 0. The second-order valence-electron chi connectivity index (χ2n) is 11.7. The van der Waals surface area contributed by atoms with Crippen LogP contribution in [-0.4, -0.2) is 65.4 Å². The molecule has 0 aliphatic carbocycles. The minimum absolute atomic E-state index is 0.0536. The van der Waals surface area contributed by atoms with E-state index in [0.29, 0.717) is 24.1 Å². The van der Waals surface area contributed by atoms with Gasteiger partial charge in [-0.1, -0.05) is 66.7 Å². The zero-order valence-electron chi connectivity index (χ0n) is 27.7. The minimum Gasteiger partial charge on any atom is -0.475 e. The van der Waals surface area contributed by atoms with Crippen LogP contribution in [0.2, 0.25) is 0 Å². The second-order valence-corrected chi connectivity index (χ2v) is 11.7. The number of nitrogen functional groups attached to an aromatic ring is 2. The first-order valence-electron chi connectivity index (χ1n) is 15.4. The summed E-state index contributed by atoms with van der Waals surface area (Å²) in [7, 11) is 0. The molecule has 3 rings (SSSR count). The van der Waals surface area contributed by atoms with Crippen LogP contribution in [0.5, 0.6) is 0 Å². The number of aliphatic imine (C=N–C) groups is 1. The molecule has 17 heteroatoms. The topological polar surface area (TPSA) is 279 Å². The van der Waals surface area contributed by atoms with E-state index in [1.54, 1.807) is 36.4 Å². The molecule has 274 valence electrons. The van der Waals surface area contributed by atoms with Gasteiger partial charge >= 0.3 is 12.1 Å². The van der Waals surface area contributed by atoms with Gasteiger partial charge in [-0.3, -0.25) is 24.8 Å². The third-order valence-electron chi connectivity index (χ3n) is 7.62. The zero-order chi connectivity index (χ0) is 38.4. The summed E-state index contributed by atoms with van der Waals surface area (Å²) in [5.74, 6) is -4.56. The Hall–Kier alpha value is -6.13. The molecule has 14 nitrogen and oxygen atoms in total. The van der Waals surface area contributed by atoms with Gasteiger partial charge in [0.1, 0.15) is 17.9 Å². The maximum absolute atomic E-state index is 14.2. The summed E-state index contributed by atoms with van der Waals surface area (Å²) in [6.07, 6.45) is -4.05. The van der Waals surface area contributed by atoms with Crippen molar-refractivity contribution in [1.29, 1.82) is 5.41 Å². The number of nitrogens with one attached hydrogen (secondary N) is 3. The van der Waals surface area contributed by atoms with Gasteiger partial charge in [-0.2, -0.15) is 13.2 Å². The van der Waals surface area contributed by atoms with Crippen LogP contribution in [0.4, 0.5) is 18.9 Å². The van der Waals surface area contributed by atoms with Crippen molar-refractivity contribution in [3.63, 3.8) is 0 Å². The molecule has 0 saturated heterocycles. The Morgan fingerprint density at radius 1 is 0.843 bits per heavy atom. The minimum atomic E-state index is -5.08. The molecule has 3 aromatic rings. The summed E-state index contributed by atoms with van der Waals surface area (Å²) in [5, 5.41) is 20.5. The standard InChI is InChI=1S/C32H41N9O3.C2HF3O2/c1-32(23-6-3-2-4-7-23,19-21-9-13-22(14-10-21)27(34)35)30(44)41-26(18-20-11-15-24(33)16-12-20)29(43)40-25(28(36)42)8-5-17-39-31(37)38;3-2(4,5)1(6)7/h2-4,6-7,9-16,25-26H,5,8,17-19,33H2,1H3,(H3,34,35)(H2,36,42)(H,40,43)(H,41,44)(H4,37,38,39);(H,6,7)/t25-,26-,32?;/m0./s1. The van der Waals surface area contributed by atoms with Gasteiger partial charge in [0.15, 0.2) is 5.96 Å². The number of hydrogen-bond donors (Lipinski definition) is 9. The monoisotopic (exact) mass is 713 g/mol. The van der Waals surface area contributed by atoms with E-state index in [-0.39, 0.29) is 31.2 Å². The van der Waals surface area contributed by atoms with Crippen LogP contribution in [-0.2, 0) is 37.4 Å². The number of amidine groups is 1. The average molecular weight is 714 g/mol. The maximum atomic E-state index is 14.2. The van der Waals surface area contributed by atoms with Gasteiger partial charge in [0, 0.05) is 24.2 Å². The van der Waals surface area contributed by atoms with Gasteiger partial charge in [0.2, 0.25) is 17.7 Å². The number of primary amides is 1. The van der Waals surface area contributed by atoms with Crippen molar-refractivity contribution in [2.75, 3.05) is 12.3 Å². The lowest BCUT2D eigenvalue weighted by Crippen LogP contribution is -2.56. The molecule has 0 heterocycles. The molecule has 3 atom stereocenters. The number of nitrogens with two attached hydrogens (primary N) is 5. The molecule has 14 N–H and O–H groups in total. The third-order valence-corrected chi connectivity index (χ3v) is 7.62. The number of rotatable bonds is 15. The number of amides is 3. The van der Waals surface area contributed by atoms with Crippen molar-refractivity contribution >= 4 is 41.2 Å². The van der Waals surface area contributed by atoms with Crippen LogP contribution in [0.15, 0.2) is 83.9 Å². The lowest BCUT2D eigenvalue weighted by Gasteiger charge is -2.32. The van der Waals surface area contributed by atoms with Gasteiger partial charge in [-0.25, -0.2) is 4.79 Å². The molecular weight excluding hydrogens is 671 g/mol. The van der Waals surface area contributed by atoms with Crippen LogP contribution in [0, 0.1) is 5.41 Å². The number of halogens is 3. The highest BCUT2D eigenvalue weighted by atomic mass is 19.4. The number of carbonyl (C=O) groups is 4. The predicted molar refractivity (Wildman–Crippen MR) is 186 cm³/mol. The first-order chi connectivity index (χ1) is 23.8. The number of carboxylic acid groups (broad SMARTS) is 1. The Kier molecular flexibility index (Phi) is 15.0. The highest BCUT2D eigenvalue weighted by Crippen LogP contribution is 2.29. The van der Waals surface area contributed by atoms with Crippen LogP contribution in [0.1, 0.15) is 42.0 Å². The number of nitrogens with zero attached hydrogens (tertiary/aromatic N) is 1. The van der Waals surface area contributed by atoms with Gasteiger partial charge in [-0.05, 0) is 55.0 Å². The number of carbonyl (C=O) groups excluding carboxylic acids is 3. The highest BCUT2D eigenvalue weighted by molar-refractivity contribution is 5.96. The molecule has 1 unspecified atom stereocenters. The van der Waals surface area contributed by atoms with Gasteiger partial charge in [0.05, 0.1) is 5.41 Å². The SMILES string of the molecule is CC(Cc1ccc(C(=N)N)cc1)(C(=O)N[C@@H](Cc1ccc(N)cc1)C(=O)N[C@@H](CCCN=C(N)N)C(N)=O)c1ccccc1.O=C(O)C(F)(F)F. The molecule has 0 aliphatic heterocycles. The lowest BCUT2D eigenvalue weighted by atomic mass is 9.76. The van der Waals surface area contributed by atoms with Crippen LogP contribution in [0.3, 0.4) is 0 Å². The van der Waals surface area contributed by atoms with Crippen molar-refractivity contribution in [3.05, 3.63) is 101 Å². The van der Waals surface area contributed by atoms with Crippen LogP contribution >= 0.6 is 0 Å². The first kappa shape index (κ1) is 41.0. The highest BCUT2D eigenvalue weighted by Gasteiger charge is 2.39. The fraction of sp³-hybridized carbons (Fsp3) is 0.294. The summed E-state index contributed by atoms with van der Waals surface area (Å²) < 4.78 is 31.7. The van der Waals surface area contributed by atoms with E-state index in [9.17, 15) is 27.6 Å². The van der Waals surface area contributed by atoms with E-state index < -0.39 is 47.4 Å². The van der Waals surface area contributed by atoms with Crippen molar-refractivity contribution in [2.24, 2.45) is 27.9 Å². The Labute approximate surface area is 292 Å². The quantitative estimate of drug-likeness (QED) is 0.0476.